The summed E-state index contributed by atoms with van der Waals surface area (Å²) in [4.78, 5) is 23.3. The van der Waals surface area contributed by atoms with Gasteiger partial charge in [-0.1, -0.05) is 0 Å². The van der Waals surface area contributed by atoms with Gasteiger partial charge in [0.1, 0.15) is 5.69 Å². The van der Waals surface area contributed by atoms with E-state index >= 15 is 0 Å². The Balaban J connectivity index is 1.46. The molecule has 3 heterocycles. The third-order valence-electron chi connectivity index (χ3n) is 5.72. The molecule has 1 amide bonds. The molecule has 1 aromatic heterocycles. The molecule has 1 aromatic rings. The van der Waals surface area contributed by atoms with E-state index in [2.05, 4.69) is 9.97 Å². The van der Waals surface area contributed by atoms with E-state index in [0.717, 1.165) is 44.1 Å². The highest BCUT2D eigenvalue weighted by molar-refractivity contribution is 5.92. The summed E-state index contributed by atoms with van der Waals surface area (Å²) in [6, 6.07) is 0. The van der Waals surface area contributed by atoms with Gasteiger partial charge in [-0.3, -0.25) is 9.78 Å². The van der Waals surface area contributed by atoms with E-state index in [9.17, 15) is 4.79 Å². The molecule has 0 unspecified atom stereocenters. The molecule has 3 aliphatic rings. The Morgan fingerprint density at radius 1 is 1.36 bits per heavy atom. The lowest BCUT2D eigenvalue weighted by Crippen LogP contribution is -2.58. The Morgan fingerprint density at radius 3 is 3.00 bits per heavy atom. The molecule has 136 valence electrons. The summed E-state index contributed by atoms with van der Waals surface area (Å²) in [6.07, 6.45) is 9.00. The van der Waals surface area contributed by atoms with E-state index in [0.29, 0.717) is 25.4 Å². The van der Waals surface area contributed by atoms with E-state index < -0.39 is 0 Å². The van der Waals surface area contributed by atoms with Crippen LogP contribution >= 0.6 is 0 Å². The number of aromatic nitrogens is 2. The number of carbonyl (C=O) groups is 1. The molecule has 0 bridgehead atoms. The molecule has 2 aliphatic heterocycles. The first-order valence-corrected chi connectivity index (χ1v) is 9.44. The van der Waals surface area contributed by atoms with Gasteiger partial charge < -0.3 is 14.4 Å². The minimum Gasteiger partial charge on any atom is -0.380 e. The smallest absolute Gasteiger partial charge is 0.274 e. The Labute approximate surface area is 148 Å². The summed E-state index contributed by atoms with van der Waals surface area (Å²) in [7, 11) is 0. The molecule has 6 heteroatoms. The highest BCUT2D eigenvalue weighted by Crippen LogP contribution is 2.41. The lowest BCUT2D eigenvalue weighted by molar-refractivity contribution is -0.147. The maximum absolute atomic E-state index is 12.9. The van der Waals surface area contributed by atoms with Gasteiger partial charge in [0, 0.05) is 37.9 Å². The topological polar surface area (TPSA) is 64.6 Å². The molecule has 6 nitrogen and oxygen atoms in total. The van der Waals surface area contributed by atoms with Gasteiger partial charge in [0.25, 0.3) is 5.91 Å². The fourth-order valence-corrected chi connectivity index (χ4v) is 4.05. The third kappa shape index (κ3) is 3.70. The average Bonchev–Trinajstić information content (AvgIpc) is 3.45. The summed E-state index contributed by atoms with van der Waals surface area (Å²) in [5.74, 6) is 0.724. The maximum atomic E-state index is 12.9. The summed E-state index contributed by atoms with van der Waals surface area (Å²) in [5, 5.41) is 0. The van der Waals surface area contributed by atoms with Gasteiger partial charge in [-0.2, -0.15) is 0 Å². The van der Waals surface area contributed by atoms with Gasteiger partial charge in [-0.15, -0.1) is 0 Å². The Bertz CT molecular complexity index is 617. The first-order valence-electron chi connectivity index (χ1n) is 9.44. The third-order valence-corrected chi connectivity index (χ3v) is 5.72. The highest BCUT2D eigenvalue weighted by Gasteiger charge is 2.47. The summed E-state index contributed by atoms with van der Waals surface area (Å²) >= 11 is 0. The zero-order chi connectivity index (χ0) is 17.3. The molecule has 4 rings (SSSR count). The zero-order valence-electron chi connectivity index (χ0n) is 14.9. The van der Waals surface area contributed by atoms with Crippen molar-refractivity contribution in [2.75, 3.05) is 32.9 Å². The van der Waals surface area contributed by atoms with Crippen molar-refractivity contribution in [1.82, 2.24) is 14.9 Å². The number of likely N-dealkylation sites (tertiary alicyclic amines) is 1. The van der Waals surface area contributed by atoms with Gasteiger partial charge in [0.05, 0.1) is 24.6 Å². The van der Waals surface area contributed by atoms with Gasteiger partial charge >= 0.3 is 0 Å². The minimum absolute atomic E-state index is 0.0295. The Kier molecular flexibility index (Phi) is 4.73. The van der Waals surface area contributed by atoms with Crippen LogP contribution in [0.3, 0.4) is 0 Å². The fraction of sp³-hybridized carbons (Fsp3) is 0.737. The SMILES string of the molecule is Cc1cnc(C(=O)N2CC[C@H]3OCCC[C@@]3(COCC3CC3)C2)cn1. The maximum Gasteiger partial charge on any atom is 0.274 e. The molecule has 1 saturated carbocycles. The predicted molar refractivity (Wildman–Crippen MR) is 92.2 cm³/mol. The van der Waals surface area contributed by atoms with Crippen LogP contribution in [0.15, 0.2) is 12.4 Å². The van der Waals surface area contributed by atoms with E-state index in [1.807, 2.05) is 11.8 Å². The predicted octanol–water partition coefficient (Wildman–Crippen LogP) is 2.22. The van der Waals surface area contributed by atoms with Crippen molar-refractivity contribution >= 4 is 5.91 Å². The molecule has 1 aliphatic carbocycles. The van der Waals surface area contributed by atoms with Crippen molar-refractivity contribution in [2.24, 2.45) is 11.3 Å². The van der Waals surface area contributed by atoms with Crippen LogP contribution in [0, 0.1) is 18.3 Å². The number of hydrogen-bond donors (Lipinski definition) is 0. The molecule has 25 heavy (non-hydrogen) atoms. The summed E-state index contributed by atoms with van der Waals surface area (Å²) in [5.41, 5.74) is 1.18. The summed E-state index contributed by atoms with van der Waals surface area (Å²) < 4.78 is 12.1. The molecule has 0 aromatic carbocycles. The van der Waals surface area contributed by atoms with Crippen LogP contribution in [0.25, 0.3) is 0 Å². The standard InChI is InChI=1S/C19H27N3O3/c1-14-9-21-16(10-20-14)18(23)22-7-5-17-19(12-22,6-2-8-25-17)13-24-11-15-3-4-15/h9-10,15,17H,2-8,11-13H2,1H3/t17-,19+/m1/s1. The van der Waals surface area contributed by atoms with Crippen molar-refractivity contribution in [3.8, 4) is 0 Å². The van der Waals surface area contributed by atoms with Gasteiger partial charge in [0.15, 0.2) is 0 Å². The molecule has 2 atom stereocenters. The number of amides is 1. The van der Waals surface area contributed by atoms with Crippen molar-refractivity contribution < 1.29 is 14.3 Å². The van der Waals surface area contributed by atoms with E-state index in [-0.39, 0.29) is 17.4 Å². The second-order valence-corrected chi connectivity index (χ2v) is 7.84. The van der Waals surface area contributed by atoms with Crippen molar-refractivity contribution in [3.05, 3.63) is 23.8 Å². The molecular weight excluding hydrogens is 318 g/mol. The summed E-state index contributed by atoms with van der Waals surface area (Å²) in [6.45, 7) is 5.65. The second-order valence-electron chi connectivity index (χ2n) is 7.84. The minimum atomic E-state index is -0.0703. The van der Waals surface area contributed by atoms with Gasteiger partial charge in [-0.25, -0.2) is 4.98 Å². The lowest BCUT2D eigenvalue weighted by Gasteiger charge is -2.50. The number of nitrogens with zero attached hydrogens (tertiary/aromatic N) is 3. The number of rotatable bonds is 5. The largest absolute Gasteiger partial charge is 0.380 e. The number of carbonyl (C=O) groups excluding carboxylic acids is 1. The number of aryl methyl sites for hydroxylation is 1. The van der Waals surface area contributed by atoms with Gasteiger partial charge in [0.2, 0.25) is 0 Å². The van der Waals surface area contributed by atoms with Crippen molar-refractivity contribution in [3.63, 3.8) is 0 Å². The first kappa shape index (κ1) is 16.9. The van der Waals surface area contributed by atoms with Crippen LogP contribution in [0.2, 0.25) is 0 Å². The zero-order valence-corrected chi connectivity index (χ0v) is 14.9. The second kappa shape index (κ2) is 7.00. The van der Waals surface area contributed by atoms with Crippen LogP contribution in [0.5, 0.6) is 0 Å². The highest BCUT2D eigenvalue weighted by atomic mass is 16.5. The van der Waals surface area contributed by atoms with Crippen LogP contribution in [-0.2, 0) is 9.47 Å². The number of fused-ring (bicyclic) bond motifs is 1. The van der Waals surface area contributed by atoms with E-state index in [1.54, 1.807) is 12.4 Å². The average molecular weight is 345 g/mol. The number of hydrogen-bond acceptors (Lipinski definition) is 5. The fourth-order valence-electron chi connectivity index (χ4n) is 4.05. The van der Waals surface area contributed by atoms with Gasteiger partial charge in [-0.05, 0) is 44.9 Å². The van der Waals surface area contributed by atoms with Crippen molar-refractivity contribution in [1.29, 1.82) is 0 Å². The first-order chi connectivity index (χ1) is 12.2. The van der Waals surface area contributed by atoms with Crippen molar-refractivity contribution in [2.45, 2.75) is 45.1 Å². The monoisotopic (exact) mass is 345 g/mol. The van der Waals surface area contributed by atoms with E-state index in [4.69, 9.17) is 9.47 Å². The normalized spacial score (nSPS) is 29.3. The van der Waals surface area contributed by atoms with Crippen LogP contribution in [0.4, 0.5) is 0 Å². The molecule has 0 radical (unpaired) electrons. The van der Waals surface area contributed by atoms with Crippen LogP contribution < -0.4 is 0 Å². The molecular formula is C19H27N3O3. The lowest BCUT2D eigenvalue weighted by atomic mass is 9.73. The number of piperidine rings is 1. The molecule has 2 saturated heterocycles. The van der Waals surface area contributed by atoms with Crippen LogP contribution in [0.1, 0.15) is 48.3 Å². The Hall–Kier alpha value is -1.53. The molecule has 0 spiro atoms. The van der Waals surface area contributed by atoms with E-state index in [1.165, 1.54) is 12.8 Å². The molecule has 3 fully saturated rings. The quantitative estimate of drug-likeness (QED) is 0.819. The molecule has 0 N–H and O–H groups in total. The van der Waals surface area contributed by atoms with Crippen LogP contribution in [-0.4, -0.2) is 59.8 Å². The Morgan fingerprint density at radius 2 is 2.24 bits per heavy atom. The number of ether oxygens (including phenoxy) is 2.